The lowest BCUT2D eigenvalue weighted by Gasteiger charge is -1.96. The van der Waals surface area contributed by atoms with Crippen molar-refractivity contribution < 1.29 is 4.74 Å². The molecular formula is C10H9NOS. The highest BCUT2D eigenvalue weighted by Crippen LogP contribution is 2.25. The zero-order valence-corrected chi connectivity index (χ0v) is 8.10. The fraction of sp³-hybridized carbons (Fsp3) is 0.100. The van der Waals surface area contributed by atoms with E-state index in [-0.39, 0.29) is 0 Å². The molecule has 66 valence electrons. The maximum absolute atomic E-state index is 5.02. The van der Waals surface area contributed by atoms with Crippen LogP contribution in [0.2, 0.25) is 0 Å². The summed E-state index contributed by atoms with van der Waals surface area (Å²) in [7, 11) is 1.61. The van der Waals surface area contributed by atoms with Crippen LogP contribution in [-0.2, 0) is 4.74 Å². The molecule has 0 unspecified atom stereocenters. The molecule has 1 heterocycles. The lowest BCUT2D eigenvalue weighted by molar-refractivity contribution is 0.371. The lowest BCUT2D eigenvalue weighted by Crippen LogP contribution is -1.81. The molecule has 3 heteroatoms. The van der Waals surface area contributed by atoms with Gasteiger partial charge in [-0.1, -0.05) is 18.7 Å². The van der Waals surface area contributed by atoms with Crippen molar-refractivity contribution in [3.63, 3.8) is 0 Å². The van der Waals surface area contributed by atoms with E-state index in [2.05, 4.69) is 11.6 Å². The number of para-hydroxylation sites is 1. The largest absolute Gasteiger partial charge is 0.494 e. The number of fused-ring (bicyclic) bond motifs is 1. The van der Waals surface area contributed by atoms with Gasteiger partial charge in [0.2, 0.25) is 0 Å². The molecule has 0 radical (unpaired) electrons. The van der Waals surface area contributed by atoms with Crippen molar-refractivity contribution in [2.75, 3.05) is 7.11 Å². The fourth-order valence-corrected chi connectivity index (χ4v) is 1.99. The average molecular weight is 191 g/mol. The summed E-state index contributed by atoms with van der Waals surface area (Å²) >= 11 is 1.59. The van der Waals surface area contributed by atoms with E-state index in [1.165, 1.54) is 0 Å². The molecule has 2 aromatic rings. The van der Waals surface area contributed by atoms with Crippen LogP contribution in [0.5, 0.6) is 0 Å². The normalized spacial score (nSPS) is 10.2. The van der Waals surface area contributed by atoms with Crippen LogP contribution < -0.4 is 0 Å². The molecule has 0 amide bonds. The minimum Gasteiger partial charge on any atom is -0.494 e. The van der Waals surface area contributed by atoms with Crippen molar-refractivity contribution in [2.45, 2.75) is 0 Å². The molecule has 0 bridgehead atoms. The predicted octanol–water partition coefficient (Wildman–Crippen LogP) is 2.91. The number of thiazole rings is 1. The molecule has 0 fully saturated rings. The number of rotatable bonds is 2. The standard InChI is InChI=1S/C10H9NOS/c1-7(12-2)10-11-8-5-3-4-6-9(8)13-10/h3-6H,1H2,2H3. The van der Waals surface area contributed by atoms with E-state index in [9.17, 15) is 0 Å². The number of nitrogens with zero attached hydrogens (tertiary/aromatic N) is 1. The number of hydrogen-bond donors (Lipinski definition) is 0. The molecular weight excluding hydrogens is 182 g/mol. The number of aromatic nitrogens is 1. The second-order valence-corrected chi connectivity index (χ2v) is 3.64. The Morgan fingerprint density at radius 3 is 2.92 bits per heavy atom. The van der Waals surface area contributed by atoms with Gasteiger partial charge < -0.3 is 4.74 Å². The molecule has 0 saturated carbocycles. The van der Waals surface area contributed by atoms with Crippen LogP contribution in [0.1, 0.15) is 5.01 Å². The Hall–Kier alpha value is -1.35. The van der Waals surface area contributed by atoms with E-state index >= 15 is 0 Å². The minimum atomic E-state index is 0.626. The molecule has 0 N–H and O–H groups in total. The third kappa shape index (κ3) is 1.42. The first-order chi connectivity index (χ1) is 6.31. The summed E-state index contributed by atoms with van der Waals surface area (Å²) < 4.78 is 6.18. The van der Waals surface area contributed by atoms with Crippen LogP contribution in [-0.4, -0.2) is 12.1 Å². The van der Waals surface area contributed by atoms with Gasteiger partial charge in [-0.05, 0) is 12.1 Å². The van der Waals surface area contributed by atoms with Gasteiger partial charge in [-0.2, -0.15) is 0 Å². The van der Waals surface area contributed by atoms with Gasteiger partial charge in [-0.3, -0.25) is 0 Å². The van der Waals surface area contributed by atoms with Gasteiger partial charge >= 0.3 is 0 Å². The Morgan fingerprint density at radius 1 is 1.46 bits per heavy atom. The van der Waals surface area contributed by atoms with Crippen molar-refractivity contribution in [1.82, 2.24) is 4.98 Å². The maximum Gasteiger partial charge on any atom is 0.158 e. The Balaban J connectivity index is 2.56. The summed E-state index contributed by atoms with van der Waals surface area (Å²) in [6.07, 6.45) is 0. The highest BCUT2D eigenvalue weighted by molar-refractivity contribution is 7.19. The van der Waals surface area contributed by atoms with E-state index in [0.717, 1.165) is 15.2 Å². The van der Waals surface area contributed by atoms with Crippen LogP contribution >= 0.6 is 11.3 Å². The van der Waals surface area contributed by atoms with Gasteiger partial charge in [-0.15, -0.1) is 11.3 Å². The van der Waals surface area contributed by atoms with Crippen LogP contribution in [0.3, 0.4) is 0 Å². The maximum atomic E-state index is 5.02. The molecule has 0 saturated heterocycles. The highest BCUT2D eigenvalue weighted by atomic mass is 32.1. The molecule has 13 heavy (non-hydrogen) atoms. The first-order valence-electron chi connectivity index (χ1n) is 3.90. The number of benzene rings is 1. The Morgan fingerprint density at radius 2 is 2.23 bits per heavy atom. The van der Waals surface area contributed by atoms with Gasteiger partial charge in [0, 0.05) is 0 Å². The van der Waals surface area contributed by atoms with Gasteiger partial charge in [0.05, 0.1) is 17.3 Å². The molecule has 0 aliphatic heterocycles. The summed E-state index contributed by atoms with van der Waals surface area (Å²) in [5.74, 6) is 0.626. The monoisotopic (exact) mass is 191 g/mol. The zero-order chi connectivity index (χ0) is 9.26. The Kier molecular flexibility index (Phi) is 2.02. The SMILES string of the molecule is C=C(OC)c1nc2ccccc2s1. The van der Waals surface area contributed by atoms with Gasteiger partial charge in [0.15, 0.2) is 5.01 Å². The van der Waals surface area contributed by atoms with Crippen LogP contribution in [0.25, 0.3) is 16.0 Å². The Bertz CT molecular complexity index is 414. The number of ether oxygens (including phenoxy) is 1. The summed E-state index contributed by atoms with van der Waals surface area (Å²) in [4.78, 5) is 4.38. The quantitative estimate of drug-likeness (QED) is 0.681. The Labute approximate surface area is 80.5 Å². The smallest absolute Gasteiger partial charge is 0.158 e. The van der Waals surface area contributed by atoms with Crippen LogP contribution in [0, 0.1) is 0 Å². The van der Waals surface area contributed by atoms with Gasteiger partial charge in [0.25, 0.3) is 0 Å². The number of hydrogen-bond acceptors (Lipinski definition) is 3. The van der Waals surface area contributed by atoms with E-state index in [4.69, 9.17) is 4.74 Å². The second-order valence-electron chi connectivity index (χ2n) is 2.61. The van der Waals surface area contributed by atoms with Crippen molar-refractivity contribution >= 4 is 27.3 Å². The topological polar surface area (TPSA) is 22.1 Å². The summed E-state index contributed by atoms with van der Waals surface area (Å²) in [6, 6.07) is 8.00. The molecule has 1 aromatic heterocycles. The summed E-state index contributed by atoms with van der Waals surface area (Å²) in [6.45, 7) is 3.76. The molecule has 0 aliphatic rings. The van der Waals surface area contributed by atoms with E-state index in [1.54, 1.807) is 18.4 Å². The highest BCUT2D eigenvalue weighted by Gasteiger charge is 2.05. The lowest BCUT2D eigenvalue weighted by atomic mass is 10.3. The second kappa shape index (κ2) is 3.18. The van der Waals surface area contributed by atoms with Crippen molar-refractivity contribution in [2.24, 2.45) is 0 Å². The summed E-state index contributed by atoms with van der Waals surface area (Å²) in [5.41, 5.74) is 1.00. The fourth-order valence-electron chi connectivity index (χ4n) is 1.08. The van der Waals surface area contributed by atoms with Gasteiger partial charge in [-0.25, -0.2) is 4.98 Å². The average Bonchev–Trinajstić information content (AvgIpc) is 2.59. The molecule has 2 rings (SSSR count). The van der Waals surface area contributed by atoms with Gasteiger partial charge in [0.1, 0.15) is 5.76 Å². The van der Waals surface area contributed by atoms with E-state index in [0.29, 0.717) is 5.76 Å². The first-order valence-corrected chi connectivity index (χ1v) is 4.72. The zero-order valence-electron chi connectivity index (χ0n) is 7.28. The van der Waals surface area contributed by atoms with E-state index < -0.39 is 0 Å². The molecule has 0 atom stereocenters. The van der Waals surface area contributed by atoms with E-state index in [1.807, 2.05) is 24.3 Å². The molecule has 0 aliphatic carbocycles. The molecule has 0 spiro atoms. The molecule has 2 nitrogen and oxygen atoms in total. The minimum absolute atomic E-state index is 0.626. The van der Waals surface area contributed by atoms with Crippen LogP contribution in [0.4, 0.5) is 0 Å². The van der Waals surface area contributed by atoms with Crippen molar-refractivity contribution in [3.8, 4) is 0 Å². The third-order valence-electron chi connectivity index (χ3n) is 1.78. The number of methoxy groups -OCH3 is 1. The van der Waals surface area contributed by atoms with Crippen LogP contribution in [0.15, 0.2) is 30.8 Å². The molecule has 1 aromatic carbocycles. The van der Waals surface area contributed by atoms with Crippen molar-refractivity contribution in [3.05, 3.63) is 35.9 Å². The third-order valence-corrected chi connectivity index (χ3v) is 2.86. The van der Waals surface area contributed by atoms with Crippen molar-refractivity contribution in [1.29, 1.82) is 0 Å². The predicted molar refractivity (Wildman–Crippen MR) is 55.7 cm³/mol. The summed E-state index contributed by atoms with van der Waals surface area (Å²) in [5, 5.41) is 0.851. The first kappa shape index (κ1) is 8.26.